The van der Waals surface area contributed by atoms with Crippen LogP contribution in [0.1, 0.15) is 29.8 Å². The Morgan fingerprint density at radius 2 is 1.85 bits per heavy atom. The zero-order chi connectivity index (χ0) is 29.4. The number of rotatable bonds is 6. The van der Waals surface area contributed by atoms with Crippen LogP contribution in [-0.2, 0) is 5.54 Å². The zero-order valence-corrected chi connectivity index (χ0v) is 20.9. The van der Waals surface area contributed by atoms with E-state index in [0.717, 1.165) is 22.8 Å². The summed E-state index contributed by atoms with van der Waals surface area (Å²) in [6, 6.07) is 4.10. The van der Waals surface area contributed by atoms with Gasteiger partial charge in [0.15, 0.2) is 0 Å². The van der Waals surface area contributed by atoms with E-state index < -0.39 is 30.7 Å². The summed E-state index contributed by atoms with van der Waals surface area (Å²) < 4.78 is 70.1. The van der Waals surface area contributed by atoms with Crippen LogP contribution in [0.5, 0.6) is 0 Å². The van der Waals surface area contributed by atoms with E-state index in [4.69, 9.17) is 0 Å². The van der Waals surface area contributed by atoms with Crippen molar-refractivity contribution in [3.63, 3.8) is 0 Å². The number of alkyl halides is 3. The molecule has 5 heterocycles. The first-order chi connectivity index (χ1) is 19.5. The smallest absolute Gasteiger partial charge is 0.350 e. The molecule has 1 aliphatic carbocycles. The molecule has 212 valence electrons. The standard InChI is InChI=1S/C23H19F3N10O.BF3/c24-23(25,26)22(2-3-22)34-20(37)16-8-30-17(9-29-16)35-11-21(12-35,4-5-27)36-10-14(7-33-36)18-15-1-6-28-19(15)32-13-31-18;2-1(3)4/h1,6-10,13H,2-4,11-12H2,(H,34,37)(H,28,31,32);. The maximum absolute atomic E-state index is 13.1. The third-order valence-corrected chi connectivity index (χ3v) is 6.91. The van der Waals surface area contributed by atoms with E-state index in [1.165, 1.54) is 12.5 Å². The lowest BCUT2D eigenvalue weighted by Crippen LogP contribution is -2.63. The lowest BCUT2D eigenvalue weighted by molar-refractivity contribution is -0.163. The van der Waals surface area contributed by atoms with Gasteiger partial charge in [-0.15, -0.1) is 0 Å². The van der Waals surface area contributed by atoms with E-state index in [9.17, 15) is 36.2 Å². The highest BCUT2D eigenvalue weighted by atomic mass is 19.4. The molecule has 6 rings (SSSR count). The third kappa shape index (κ3) is 5.39. The number of aromatic amines is 1. The normalized spacial score (nSPS) is 16.7. The summed E-state index contributed by atoms with van der Waals surface area (Å²) in [7, 11) is -3.67. The lowest BCUT2D eigenvalue weighted by atomic mass is 9.87. The number of hydrogen-bond acceptors (Lipinski definition) is 8. The molecule has 2 fully saturated rings. The van der Waals surface area contributed by atoms with Crippen molar-refractivity contribution in [2.24, 2.45) is 0 Å². The van der Waals surface area contributed by atoms with Crippen LogP contribution in [-0.4, -0.2) is 73.0 Å². The summed E-state index contributed by atoms with van der Waals surface area (Å²) in [5, 5.41) is 16.9. The van der Waals surface area contributed by atoms with E-state index in [2.05, 4.69) is 36.1 Å². The van der Waals surface area contributed by atoms with Gasteiger partial charge < -0.3 is 15.2 Å². The number of carbonyl (C=O) groups is 1. The average Bonchev–Trinajstić information content (AvgIpc) is 3.30. The molecular formula is C23H19BF6N10O. The van der Waals surface area contributed by atoms with Crippen molar-refractivity contribution in [3.8, 4) is 17.3 Å². The molecule has 0 radical (unpaired) electrons. The minimum absolute atomic E-state index is 0.148. The molecule has 1 saturated carbocycles. The highest BCUT2D eigenvalue weighted by molar-refractivity contribution is 6.33. The number of halogens is 6. The fourth-order valence-electron chi connectivity index (χ4n) is 4.61. The first kappa shape index (κ1) is 27.9. The van der Waals surface area contributed by atoms with Gasteiger partial charge in [0.2, 0.25) is 0 Å². The molecule has 1 aliphatic heterocycles. The predicted molar refractivity (Wildman–Crippen MR) is 132 cm³/mol. The summed E-state index contributed by atoms with van der Waals surface area (Å²) in [6.45, 7) is 0.810. The summed E-state index contributed by atoms with van der Waals surface area (Å²) in [5.41, 5.74) is -0.758. The highest BCUT2D eigenvalue weighted by Gasteiger charge is 2.64. The molecule has 11 nitrogen and oxygen atoms in total. The number of nitriles is 1. The molecule has 0 spiro atoms. The monoisotopic (exact) mass is 576 g/mol. The molecule has 1 amide bonds. The molecule has 0 atom stereocenters. The molecule has 0 bridgehead atoms. The predicted octanol–water partition coefficient (Wildman–Crippen LogP) is 3.45. The average molecular weight is 576 g/mol. The van der Waals surface area contributed by atoms with E-state index in [1.807, 2.05) is 22.5 Å². The van der Waals surface area contributed by atoms with Gasteiger partial charge in [0, 0.05) is 36.4 Å². The van der Waals surface area contributed by atoms with Crippen molar-refractivity contribution in [2.75, 3.05) is 18.0 Å². The van der Waals surface area contributed by atoms with Gasteiger partial charge in [-0.25, -0.2) is 19.9 Å². The van der Waals surface area contributed by atoms with Gasteiger partial charge in [-0.2, -0.15) is 23.5 Å². The minimum atomic E-state index is -4.51. The molecule has 41 heavy (non-hydrogen) atoms. The quantitative estimate of drug-likeness (QED) is 0.263. The Labute approximate surface area is 227 Å². The van der Waals surface area contributed by atoms with Crippen molar-refractivity contribution in [1.29, 1.82) is 5.26 Å². The van der Waals surface area contributed by atoms with E-state index in [1.54, 1.807) is 17.1 Å². The van der Waals surface area contributed by atoms with Gasteiger partial charge in [-0.3, -0.25) is 22.4 Å². The second kappa shape index (κ2) is 10.4. The number of hydrogen-bond donors (Lipinski definition) is 2. The van der Waals surface area contributed by atoms with E-state index in [0.29, 0.717) is 24.6 Å². The summed E-state index contributed by atoms with van der Waals surface area (Å²) in [5.74, 6) is -0.471. The number of aromatic nitrogens is 7. The number of fused-ring (bicyclic) bond motifs is 1. The van der Waals surface area contributed by atoms with Gasteiger partial charge in [0.25, 0.3) is 5.91 Å². The van der Waals surface area contributed by atoms with Crippen molar-refractivity contribution in [1.82, 2.24) is 40.0 Å². The molecule has 2 aliphatic rings. The topological polar surface area (TPSA) is 141 Å². The summed E-state index contributed by atoms with van der Waals surface area (Å²) in [6.07, 6.45) is 4.68. The van der Waals surface area contributed by atoms with Crippen LogP contribution in [0.25, 0.3) is 22.3 Å². The van der Waals surface area contributed by atoms with Crippen molar-refractivity contribution >= 4 is 30.3 Å². The molecule has 4 aromatic heterocycles. The third-order valence-electron chi connectivity index (χ3n) is 6.91. The summed E-state index contributed by atoms with van der Waals surface area (Å²) >= 11 is 0. The number of amides is 1. The minimum Gasteiger partial charge on any atom is -0.350 e. The van der Waals surface area contributed by atoms with Gasteiger partial charge in [0.1, 0.15) is 34.6 Å². The molecule has 0 unspecified atom stereocenters. The van der Waals surface area contributed by atoms with Crippen molar-refractivity contribution in [3.05, 3.63) is 49.1 Å². The number of anilines is 1. The fourth-order valence-corrected chi connectivity index (χ4v) is 4.61. The van der Waals surface area contributed by atoms with Gasteiger partial charge >= 0.3 is 13.7 Å². The Kier molecular flexibility index (Phi) is 7.05. The first-order valence-corrected chi connectivity index (χ1v) is 12.1. The Morgan fingerprint density at radius 3 is 2.46 bits per heavy atom. The number of nitrogens with zero attached hydrogens (tertiary/aromatic N) is 8. The first-order valence-electron chi connectivity index (χ1n) is 12.1. The Balaban J connectivity index is 0.000000794. The molecule has 2 N–H and O–H groups in total. The molecule has 18 heteroatoms. The zero-order valence-electron chi connectivity index (χ0n) is 20.9. The number of nitrogens with one attached hydrogen (secondary N) is 2. The van der Waals surface area contributed by atoms with Crippen LogP contribution in [0.2, 0.25) is 0 Å². The van der Waals surface area contributed by atoms with Crippen LogP contribution >= 0.6 is 0 Å². The largest absolute Gasteiger partial charge is 0.762 e. The maximum Gasteiger partial charge on any atom is 0.762 e. The van der Waals surface area contributed by atoms with Crippen LogP contribution in [0.15, 0.2) is 43.4 Å². The maximum atomic E-state index is 13.1. The van der Waals surface area contributed by atoms with E-state index in [-0.39, 0.29) is 25.0 Å². The van der Waals surface area contributed by atoms with Gasteiger partial charge in [-0.05, 0) is 18.9 Å². The van der Waals surface area contributed by atoms with E-state index >= 15 is 0 Å². The van der Waals surface area contributed by atoms with Crippen LogP contribution in [0, 0.1) is 11.3 Å². The molecular weight excluding hydrogens is 557 g/mol. The van der Waals surface area contributed by atoms with Crippen LogP contribution < -0.4 is 10.2 Å². The second-order valence-electron chi connectivity index (χ2n) is 9.59. The second-order valence-corrected chi connectivity index (χ2v) is 9.59. The molecule has 0 aromatic carbocycles. The lowest BCUT2D eigenvalue weighted by Gasteiger charge is -2.49. The molecule has 1 saturated heterocycles. The SMILES string of the molecule is FB(F)F.N#CCC1(n2cc(-c3ncnc4[nH]ccc34)cn2)CN(c2cnc(C(=O)NC3(C(F)(F)F)CC3)cn2)C1. The molecule has 4 aromatic rings. The Bertz CT molecular complexity index is 1590. The van der Waals surface area contributed by atoms with Crippen molar-refractivity contribution in [2.45, 2.75) is 36.5 Å². The van der Waals surface area contributed by atoms with Gasteiger partial charge in [0.05, 0.1) is 36.8 Å². The highest BCUT2D eigenvalue weighted by Crippen LogP contribution is 2.49. The number of H-pyrrole nitrogens is 1. The number of carbonyl (C=O) groups excluding carboxylic acids is 1. The fraction of sp³-hybridized carbons (Fsp3) is 0.348. The van der Waals surface area contributed by atoms with Crippen LogP contribution in [0.4, 0.5) is 31.9 Å². The Hall–Kier alpha value is -4.69. The van der Waals surface area contributed by atoms with Gasteiger partial charge in [-0.1, -0.05) is 0 Å². The Morgan fingerprint density at radius 1 is 1.12 bits per heavy atom. The summed E-state index contributed by atoms with van der Waals surface area (Å²) in [4.78, 5) is 34.0. The van der Waals surface area contributed by atoms with Crippen molar-refractivity contribution < 1.29 is 30.9 Å². The van der Waals surface area contributed by atoms with Crippen LogP contribution in [0.3, 0.4) is 0 Å².